The van der Waals surface area contributed by atoms with Crippen molar-refractivity contribution >= 4 is 27.5 Å². The van der Waals surface area contributed by atoms with Gasteiger partial charge in [0.1, 0.15) is 11.9 Å². The van der Waals surface area contributed by atoms with Crippen LogP contribution in [0.5, 0.6) is 5.75 Å². The van der Waals surface area contributed by atoms with Crippen molar-refractivity contribution in [3.63, 3.8) is 0 Å². The number of benzene rings is 2. The Hall–Kier alpha value is -2.99. The fourth-order valence-electron chi connectivity index (χ4n) is 4.63. The van der Waals surface area contributed by atoms with Gasteiger partial charge in [-0.3, -0.25) is 9.59 Å². The standard InChI is InChI=1S/C29H42N4O6S/c1-21-18-33(22(2)20-34)29(36)17-23-16-24(30-28(35)12-9-15-31(3)4)13-14-26(23)39-27(21)19-32(5)40(37,38)25-10-7-6-8-11-25/h6-8,10-11,13-14,16,21-22,27,34H,9,12,15,17-20H2,1-5H3,(H,30,35)/t21-,22+,27+/m1/s1. The highest BCUT2D eigenvalue weighted by atomic mass is 32.2. The van der Waals surface area contributed by atoms with E-state index < -0.39 is 22.2 Å². The third kappa shape index (κ3) is 8.26. The summed E-state index contributed by atoms with van der Waals surface area (Å²) in [6.07, 6.45) is 0.516. The van der Waals surface area contributed by atoms with Gasteiger partial charge in [-0.15, -0.1) is 0 Å². The Balaban J connectivity index is 1.90. The van der Waals surface area contributed by atoms with Crippen LogP contribution in [0.15, 0.2) is 53.4 Å². The molecular formula is C29H42N4O6S. The summed E-state index contributed by atoms with van der Waals surface area (Å²) >= 11 is 0. The van der Waals surface area contributed by atoms with E-state index in [0.717, 1.165) is 13.0 Å². The van der Waals surface area contributed by atoms with Crippen molar-refractivity contribution in [3.8, 4) is 5.75 Å². The summed E-state index contributed by atoms with van der Waals surface area (Å²) in [5.41, 5.74) is 1.14. The molecule has 3 atom stereocenters. The quantitative estimate of drug-likeness (QED) is 0.423. The summed E-state index contributed by atoms with van der Waals surface area (Å²) in [5.74, 6) is -0.0984. The highest BCUT2D eigenvalue weighted by molar-refractivity contribution is 7.89. The molecule has 3 rings (SSSR count). The average Bonchev–Trinajstić information content (AvgIpc) is 2.96. The van der Waals surface area contributed by atoms with Crippen LogP contribution in [-0.2, 0) is 26.0 Å². The number of carbonyl (C=O) groups excluding carboxylic acids is 2. The van der Waals surface area contributed by atoms with Crippen LogP contribution in [0.1, 0.15) is 32.3 Å². The maximum atomic E-state index is 13.4. The molecular weight excluding hydrogens is 532 g/mol. The number of likely N-dealkylation sites (N-methyl/N-ethyl adjacent to an activating group) is 1. The number of ether oxygens (including phenoxy) is 1. The van der Waals surface area contributed by atoms with E-state index in [1.807, 2.05) is 25.9 Å². The van der Waals surface area contributed by atoms with Gasteiger partial charge in [0, 0.05) is 37.2 Å². The van der Waals surface area contributed by atoms with E-state index in [1.54, 1.807) is 60.4 Å². The number of sulfonamides is 1. The number of anilines is 1. The summed E-state index contributed by atoms with van der Waals surface area (Å²) in [4.78, 5) is 29.7. The van der Waals surface area contributed by atoms with Gasteiger partial charge in [0.05, 0.1) is 30.5 Å². The third-order valence-corrected chi connectivity index (χ3v) is 8.94. The van der Waals surface area contributed by atoms with Crippen LogP contribution < -0.4 is 10.1 Å². The lowest BCUT2D eigenvalue weighted by Gasteiger charge is -2.33. The molecule has 0 bridgehead atoms. The van der Waals surface area contributed by atoms with Gasteiger partial charge in [-0.1, -0.05) is 25.1 Å². The van der Waals surface area contributed by atoms with Crippen LogP contribution in [0, 0.1) is 5.92 Å². The minimum Gasteiger partial charge on any atom is -0.488 e. The molecule has 40 heavy (non-hydrogen) atoms. The molecule has 0 radical (unpaired) electrons. The minimum absolute atomic E-state index is 0.0155. The van der Waals surface area contributed by atoms with Crippen molar-refractivity contribution in [1.82, 2.24) is 14.1 Å². The van der Waals surface area contributed by atoms with Gasteiger partial charge in [0.2, 0.25) is 21.8 Å². The van der Waals surface area contributed by atoms with Crippen molar-refractivity contribution in [2.45, 2.75) is 50.2 Å². The molecule has 2 N–H and O–H groups in total. The Labute approximate surface area is 238 Å². The Kier molecular flexibility index (Phi) is 11.1. The van der Waals surface area contributed by atoms with Crippen molar-refractivity contribution in [3.05, 3.63) is 54.1 Å². The van der Waals surface area contributed by atoms with Gasteiger partial charge in [-0.25, -0.2) is 8.42 Å². The highest BCUT2D eigenvalue weighted by Crippen LogP contribution is 2.30. The number of rotatable bonds is 11. The smallest absolute Gasteiger partial charge is 0.242 e. The van der Waals surface area contributed by atoms with E-state index in [2.05, 4.69) is 5.32 Å². The molecule has 0 saturated carbocycles. The molecule has 0 unspecified atom stereocenters. The van der Waals surface area contributed by atoms with Gasteiger partial charge in [0.25, 0.3) is 0 Å². The average molecular weight is 575 g/mol. The lowest BCUT2D eigenvalue weighted by atomic mass is 10.0. The summed E-state index contributed by atoms with van der Waals surface area (Å²) in [6, 6.07) is 13.0. The number of aliphatic hydroxyl groups excluding tert-OH is 1. The number of aliphatic hydroxyl groups is 1. The van der Waals surface area contributed by atoms with Gasteiger partial charge in [-0.2, -0.15) is 4.31 Å². The highest BCUT2D eigenvalue weighted by Gasteiger charge is 2.33. The lowest BCUT2D eigenvalue weighted by Crippen LogP contribution is -2.48. The molecule has 0 fully saturated rings. The van der Waals surface area contributed by atoms with Crippen molar-refractivity contribution in [2.75, 3.05) is 52.7 Å². The maximum Gasteiger partial charge on any atom is 0.242 e. The Morgan fingerprint density at radius 3 is 2.52 bits per heavy atom. The van der Waals surface area contributed by atoms with Crippen molar-refractivity contribution in [2.24, 2.45) is 5.92 Å². The number of nitrogens with one attached hydrogen (secondary N) is 1. The Bertz CT molecular complexity index is 1250. The molecule has 0 spiro atoms. The van der Waals surface area contributed by atoms with Crippen LogP contribution in [-0.4, -0.2) is 99.0 Å². The molecule has 0 aromatic heterocycles. The molecule has 10 nitrogen and oxygen atoms in total. The van der Waals surface area contributed by atoms with Gasteiger partial charge >= 0.3 is 0 Å². The van der Waals surface area contributed by atoms with E-state index in [-0.39, 0.29) is 48.7 Å². The van der Waals surface area contributed by atoms with E-state index >= 15 is 0 Å². The number of amides is 2. The molecule has 2 aromatic rings. The minimum atomic E-state index is -3.77. The molecule has 220 valence electrons. The predicted octanol–water partition coefficient (Wildman–Crippen LogP) is 2.44. The second-order valence-corrected chi connectivity index (χ2v) is 12.8. The monoisotopic (exact) mass is 574 g/mol. The zero-order valence-electron chi connectivity index (χ0n) is 24.0. The Morgan fingerprint density at radius 1 is 1.18 bits per heavy atom. The molecule has 0 saturated heterocycles. The fraction of sp³-hybridized carbons (Fsp3) is 0.517. The zero-order valence-corrected chi connectivity index (χ0v) is 24.9. The summed E-state index contributed by atoms with van der Waals surface area (Å²) < 4.78 is 34.2. The summed E-state index contributed by atoms with van der Waals surface area (Å²) in [6.45, 7) is 4.61. The topological polar surface area (TPSA) is 119 Å². The van der Waals surface area contributed by atoms with Crippen LogP contribution >= 0.6 is 0 Å². The van der Waals surface area contributed by atoms with Gasteiger partial charge in [0.15, 0.2) is 0 Å². The SMILES string of the molecule is C[C@@H]1CN([C@@H](C)CO)C(=O)Cc2cc(NC(=O)CCCN(C)C)ccc2O[C@H]1CN(C)S(=O)(=O)c1ccccc1. The number of fused-ring (bicyclic) bond motifs is 1. The van der Waals surface area contributed by atoms with Gasteiger partial charge < -0.3 is 25.0 Å². The first kappa shape index (κ1) is 31.5. The maximum absolute atomic E-state index is 13.4. The molecule has 2 aromatic carbocycles. The first-order valence-electron chi connectivity index (χ1n) is 13.6. The first-order valence-corrected chi connectivity index (χ1v) is 15.0. The van der Waals surface area contributed by atoms with Crippen molar-refractivity contribution < 1.29 is 27.9 Å². The van der Waals surface area contributed by atoms with E-state index in [1.165, 1.54) is 11.4 Å². The van der Waals surface area contributed by atoms with Crippen molar-refractivity contribution in [1.29, 1.82) is 0 Å². The van der Waals surface area contributed by atoms with Crippen LogP contribution in [0.3, 0.4) is 0 Å². The lowest BCUT2D eigenvalue weighted by molar-refractivity contribution is -0.134. The Morgan fingerprint density at radius 2 is 1.88 bits per heavy atom. The predicted molar refractivity (Wildman–Crippen MR) is 155 cm³/mol. The first-order chi connectivity index (χ1) is 18.9. The van der Waals surface area contributed by atoms with Crippen LogP contribution in [0.2, 0.25) is 0 Å². The zero-order chi connectivity index (χ0) is 29.4. The number of hydrogen-bond acceptors (Lipinski definition) is 7. The summed E-state index contributed by atoms with van der Waals surface area (Å²) in [5, 5.41) is 12.8. The van der Waals surface area contributed by atoms with E-state index in [9.17, 15) is 23.1 Å². The van der Waals surface area contributed by atoms with E-state index in [0.29, 0.717) is 23.4 Å². The fourth-order valence-corrected chi connectivity index (χ4v) is 5.83. The van der Waals surface area contributed by atoms with E-state index in [4.69, 9.17) is 4.74 Å². The molecule has 1 aliphatic rings. The second-order valence-electron chi connectivity index (χ2n) is 10.8. The number of hydrogen-bond donors (Lipinski definition) is 2. The molecule has 2 amide bonds. The molecule has 1 aliphatic heterocycles. The second kappa shape index (κ2) is 14.1. The van der Waals surface area contributed by atoms with Gasteiger partial charge in [-0.05, 0) is 64.3 Å². The molecule has 0 aliphatic carbocycles. The van der Waals surface area contributed by atoms with Crippen LogP contribution in [0.4, 0.5) is 5.69 Å². The third-order valence-electron chi connectivity index (χ3n) is 7.10. The largest absolute Gasteiger partial charge is 0.488 e. The van der Waals surface area contributed by atoms with Crippen LogP contribution in [0.25, 0.3) is 0 Å². The molecule has 1 heterocycles. The number of nitrogens with zero attached hydrogens (tertiary/aromatic N) is 3. The summed E-state index contributed by atoms with van der Waals surface area (Å²) in [7, 11) is 1.66. The molecule has 11 heteroatoms. The normalized spacial score (nSPS) is 18.9. The number of carbonyl (C=O) groups is 2.